The van der Waals surface area contributed by atoms with Gasteiger partial charge in [-0.2, -0.15) is 0 Å². The van der Waals surface area contributed by atoms with Crippen LogP contribution in [0.1, 0.15) is 12.6 Å². The zero-order valence-electron chi connectivity index (χ0n) is 10.2. The van der Waals surface area contributed by atoms with Gasteiger partial charge in [0.15, 0.2) is 0 Å². The number of hydrogen-bond donors (Lipinski definition) is 2. The minimum atomic E-state index is 0. The van der Waals surface area contributed by atoms with Crippen molar-refractivity contribution in [1.82, 2.24) is 0 Å². The van der Waals surface area contributed by atoms with E-state index in [0.29, 0.717) is 5.75 Å². The standard InChI is InChI=1S/C13H12OS.Na.H/c14-12-5-1-10(2-6-12)9-11-3-7-13(15)8-4-11;;/h1-8,14-15H,9H2;;/q;+1;-1. The van der Waals surface area contributed by atoms with E-state index in [9.17, 15) is 0 Å². The molecule has 0 amide bonds. The van der Waals surface area contributed by atoms with Gasteiger partial charge in [-0.3, -0.25) is 0 Å². The largest absolute Gasteiger partial charge is 1.00 e. The average molecular weight is 240 g/mol. The van der Waals surface area contributed by atoms with Crippen LogP contribution in [0.3, 0.4) is 0 Å². The van der Waals surface area contributed by atoms with Crippen LogP contribution in [0.25, 0.3) is 0 Å². The Labute approximate surface area is 125 Å². The molecule has 0 spiro atoms. The van der Waals surface area contributed by atoms with E-state index in [2.05, 4.69) is 24.8 Å². The normalized spacial score (nSPS) is 9.56. The predicted octanol–water partition coefficient (Wildman–Crippen LogP) is 0.388. The van der Waals surface area contributed by atoms with Crippen molar-refractivity contribution in [3.63, 3.8) is 0 Å². The molecule has 0 unspecified atom stereocenters. The third-order valence-corrected chi connectivity index (χ3v) is 2.58. The molecule has 0 saturated carbocycles. The number of thiol groups is 1. The Hall–Kier alpha value is -0.410. The van der Waals surface area contributed by atoms with Crippen molar-refractivity contribution in [3.8, 4) is 5.75 Å². The van der Waals surface area contributed by atoms with Crippen molar-refractivity contribution in [2.45, 2.75) is 11.3 Å². The van der Waals surface area contributed by atoms with Crippen LogP contribution in [-0.4, -0.2) is 5.11 Å². The first-order valence-corrected chi connectivity index (χ1v) is 5.24. The number of benzene rings is 2. The summed E-state index contributed by atoms with van der Waals surface area (Å²) in [7, 11) is 0. The van der Waals surface area contributed by atoms with Gasteiger partial charge in [0.1, 0.15) is 5.75 Å². The van der Waals surface area contributed by atoms with Crippen LogP contribution in [0.2, 0.25) is 0 Å². The second kappa shape index (κ2) is 6.36. The maximum Gasteiger partial charge on any atom is 1.00 e. The molecule has 2 aromatic rings. The van der Waals surface area contributed by atoms with E-state index in [1.54, 1.807) is 12.1 Å². The maximum absolute atomic E-state index is 9.15. The van der Waals surface area contributed by atoms with Crippen molar-refractivity contribution in [3.05, 3.63) is 59.7 Å². The van der Waals surface area contributed by atoms with Crippen molar-refractivity contribution in [2.24, 2.45) is 0 Å². The van der Waals surface area contributed by atoms with Gasteiger partial charge in [-0.05, 0) is 41.8 Å². The molecular weight excluding hydrogens is 227 g/mol. The number of phenolic OH excluding ortho intramolecular Hbond substituents is 1. The van der Waals surface area contributed by atoms with Gasteiger partial charge in [0.05, 0.1) is 0 Å². The predicted molar refractivity (Wildman–Crippen MR) is 65.7 cm³/mol. The van der Waals surface area contributed by atoms with Gasteiger partial charge in [0.25, 0.3) is 0 Å². The Morgan fingerprint density at radius 1 is 0.875 bits per heavy atom. The molecule has 0 aliphatic carbocycles. The molecule has 0 bridgehead atoms. The second-order valence-corrected chi connectivity index (χ2v) is 4.03. The summed E-state index contributed by atoms with van der Waals surface area (Å²) in [6.45, 7) is 0. The van der Waals surface area contributed by atoms with E-state index < -0.39 is 0 Å². The molecule has 0 saturated heterocycles. The summed E-state index contributed by atoms with van der Waals surface area (Å²) < 4.78 is 0. The zero-order chi connectivity index (χ0) is 10.7. The molecule has 0 radical (unpaired) electrons. The van der Waals surface area contributed by atoms with Crippen LogP contribution in [0.4, 0.5) is 0 Å². The average Bonchev–Trinajstić information content (AvgIpc) is 2.25. The van der Waals surface area contributed by atoms with Crippen molar-refractivity contribution >= 4 is 12.6 Å². The fraction of sp³-hybridized carbons (Fsp3) is 0.0769. The molecule has 1 N–H and O–H groups in total. The van der Waals surface area contributed by atoms with Gasteiger partial charge in [0.2, 0.25) is 0 Å². The molecule has 16 heavy (non-hydrogen) atoms. The van der Waals surface area contributed by atoms with Crippen LogP contribution in [0.5, 0.6) is 5.75 Å². The molecule has 2 aromatic carbocycles. The summed E-state index contributed by atoms with van der Waals surface area (Å²) in [5.74, 6) is 0.310. The summed E-state index contributed by atoms with van der Waals surface area (Å²) in [4.78, 5) is 0.976. The zero-order valence-corrected chi connectivity index (χ0v) is 12.1. The van der Waals surface area contributed by atoms with Crippen LogP contribution in [0.15, 0.2) is 53.4 Å². The molecule has 0 aliphatic heterocycles. The molecule has 3 heteroatoms. The van der Waals surface area contributed by atoms with Crippen molar-refractivity contribution in [1.29, 1.82) is 0 Å². The molecule has 78 valence electrons. The van der Waals surface area contributed by atoms with E-state index in [0.717, 1.165) is 11.3 Å². The van der Waals surface area contributed by atoms with Crippen LogP contribution < -0.4 is 29.6 Å². The number of aromatic hydroxyl groups is 1. The van der Waals surface area contributed by atoms with Gasteiger partial charge in [-0.1, -0.05) is 24.3 Å². The molecule has 0 heterocycles. The van der Waals surface area contributed by atoms with Gasteiger partial charge in [-0.15, -0.1) is 12.6 Å². The van der Waals surface area contributed by atoms with E-state index in [4.69, 9.17) is 5.11 Å². The van der Waals surface area contributed by atoms with Crippen molar-refractivity contribution < 1.29 is 36.1 Å². The van der Waals surface area contributed by atoms with Gasteiger partial charge in [0, 0.05) is 4.90 Å². The van der Waals surface area contributed by atoms with Gasteiger partial charge in [-0.25, -0.2) is 0 Å². The molecule has 2 rings (SSSR count). The Bertz CT molecular complexity index is 398. The van der Waals surface area contributed by atoms with Gasteiger partial charge < -0.3 is 6.53 Å². The summed E-state index contributed by atoms with van der Waals surface area (Å²) in [6.07, 6.45) is 0.883. The number of phenols is 1. The van der Waals surface area contributed by atoms with E-state index in [1.807, 2.05) is 24.3 Å². The number of hydrogen-bond acceptors (Lipinski definition) is 2. The summed E-state index contributed by atoms with van der Waals surface area (Å²) >= 11 is 4.24. The monoisotopic (exact) mass is 240 g/mol. The van der Waals surface area contributed by atoms with Gasteiger partial charge >= 0.3 is 29.6 Å². The Balaban J connectivity index is 0.00000128. The maximum atomic E-state index is 9.15. The molecular formula is C13H13NaOS. The molecule has 0 aromatic heterocycles. The molecule has 1 nitrogen and oxygen atoms in total. The SMILES string of the molecule is Oc1ccc(Cc2ccc(S)cc2)cc1.[H-].[Na+]. The van der Waals surface area contributed by atoms with E-state index in [1.165, 1.54) is 11.1 Å². The summed E-state index contributed by atoms with van der Waals surface area (Å²) in [5, 5.41) is 9.15. The van der Waals surface area contributed by atoms with E-state index in [-0.39, 0.29) is 31.0 Å². The van der Waals surface area contributed by atoms with Crippen molar-refractivity contribution in [2.75, 3.05) is 0 Å². The Morgan fingerprint density at radius 3 is 1.81 bits per heavy atom. The first kappa shape index (κ1) is 13.7. The fourth-order valence-corrected chi connectivity index (χ4v) is 1.61. The molecule has 0 fully saturated rings. The molecule has 0 aliphatic rings. The quantitative estimate of drug-likeness (QED) is 0.575. The minimum absolute atomic E-state index is 0. The minimum Gasteiger partial charge on any atom is -1.00 e. The van der Waals surface area contributed by atoms with Crippen LogP contribution in [-0.2, 0) is 6.42 Å². The Morgan fingerprint density at radius 2 is 1.31 bits per heavy atom. The first-order chi connectivity index (χ1) is 7.24. The second-order valence-electron chi connectivity index (χ2n) is 3.51. The smallest absolute Gasteiger partial charge is 1.00 e. The van der Waals surface area contributed by atoms with Crippen LogP contribution >= 0.6 is 12.6 Å². The summed E-state index contributed by atoms with van der Waals surface area (Å²) in [6, 6.07) is 15.4. The topological polar surface area (TPSA) is 20.2 Å². The third kappa shape index (κ3) is 3.87. The third-order valence-electron chi connectivity index (χ3n) is 2.28. The fourth-order valence-electron chi connectivity index (χ4n) is 1.46. The number of rotatable bonds is 2. The summed E-state index contributed by atoms with van der Waals surface area (Å²) in [5.41, 5.74) is 2.44. The molecule has 0 atom stereocenters. The first-order valence-electron chi connectivity index (χ1n) is 4.80. The Kier molecular flexibility index (Phi) is 5.42. The van der Waals surface area contributed by atoms with E-state index >= 15 is 0 Å². The van der Waals surface area contributed by atoms with Crippen LogP contribution in [0, 0.1) is 0 Å².